The van der Waals surface area contributed by atoms with Crippen LogP contribution in [0.5, 0.6) is 0 Å². The molecule has 2 aromatic rings. The van der Waals surface area contributed by atoms with Crippen molar-refractivity contribution >= 4 is 17.1 Å². The molecule has 1 atom stereocenters. The van der Waals surface area contributed by atoms with Gasteiger partial charge in [-0.3, -0.25) is 4.79 Å². The molecule has 0 saturated heterocycles. The van der Waals surface area contributed by atoms with E-state index in [-0.39, 0.29) is 17.4 Å². The molecular formula is C24H35N3O3S. The maximum absolute atomic E-state index is 12.5. The Labute approximate surface area is 189 Å². The van der Waals surface area contributed by atoms with E-state index < -0.39 is 11.2 Å². The fourth-order valence-corrected chi connectivity index (χ4v) is 5.11. The first kappa shape index (κ1) is 23.8. The van der Waals surface area contributed by atoms with Crippen LogP contribution in [0.25, 0.3) is 11.5 Å². The van der Waals surface area contributed by atoms with Crippen molar-refractivity contribution in [1.82, 2.24) is 15.2 Å². The Hall–Kier alpha value is -1.83. The average molecular weight is 446 g/mol. The molecule has 0 radical (unpaired) electrons. The van der Waals surface area contributed by atoms with Crippen LogP contribution in [0.15, 0.2) is 28.7 Å². The normalized spacial score (nSPS) is 15.9. The molecule has 0 spiro atoms. The molecular weight excluding hydrogens is 410 g/mol. The molecule has 1 aromatic carbocycles. The lowest BCUT2D eigenvalue weighted by atomic mass is 9.94. The predicted molar refractivity (Wildman–Crippen MR) is 125 cm³/mol. The van der Waals surface area contributed by atoms with Gasteiger partial charge in [-0.2, -0.15) is 0 Å². The molecule has 1 aliphatic carbocycles. The minimum absolute atomic E-state index is 0.00930. The highest BCUT2D eigenvalue weighted by molar-refractivity contribution is 7.91. The molecule has 3 rings (SSSR count). The van der Waals surface area contributed by atoms with E-state index in [2.05, 4.69) is 22.2 Å². The number of nitrogens with zero attached hydrogens (tertiary/aromatic N) is 2. The smallest absolute Gasteiger partial charge is 0.269 e. The number of amides is 1. The number of hydrogen-bond donors (Lipinski definition) is 1. The molecule has 1 fully saturated rings. The first-order chi connectivity index (χ1) is 14.9. The molecule has 0 aliphatic heterocycles. The van der Waals surface area contributed by atoms with E-state index >= 15 is 0 Å². The van der Waals surface area contributed by atoms with Crippen molar-refractivity contribution in [3.8, 4) is 11.5 Å². The molecule has 1 amide bonds. The van der Waals surface area contributed by atoms with Gasteiger partial charge < -0.3 is 19.2 Å². The van der Waals surface area contributed by atoms with Gasteiger partial charge in [-0.1, -0.05) is 37.0 Å². The summed E-state index contributed by atoms with van der Waals surface area (Å²) in [7, 11) is 2.18. The Morgan fingerprint density at radius 3 is 2.65 bits per heavy atom. The Morgan fingerprint density at radius 2 is 1.94 bits per heavy atom. The summed E-state index contributed by atoms with van der Waals surface area (Å²) in [6.07, 6.45) is 7.50. The van der Waals surface area contributed by atoms with Gasteiger partial charge in [0.15, 0.2) is 11.5 Å². The molecule has 6 nitrogen and oxygen atoms in total. The summed E-state index contributed by atoms with van der Waals surface area (Å²) in [6.45, 7) is 5.45. The second kappa shape index (κ2) is 11.7. The zero-order valence-electron chi connectivity index (χ0n) is 19.0. The van der Waals surface area contributed by atoms with Crippen LogP contribution in [0.2, 0.25) is 0 Å². The number of benzene rings is 1. The molecule has 1 N–H and O–H groups in total. The van der Waals surface area contributed by atoms with Gasteiger partial charge in [0, 0.05) is 18.2 Å². The lowest BCUT2D eigenvalue weighted by Crippen LogP contribution is -2.37. The summed E-state index contributed by atoms with van der Waals surface area (Å²) in [5.74, 6) is 1.22. The van der Waals surface area contributed by atoms with Gasteiger partial charge in [0.25, 0.3) is 5.91 Å². The Kier molecular flexibility index (Phi) is 8.99. The summed E-state index contributed by atoms with van der Waals surface area (Å²) in [6, 6.07) is 8.61. The van der Waals surface area contributed by atoms with Gasteiger partial charge in [-0.25, -0.2) is 4.98 Å². The van der Waals surface area contributed by atoms with Crippen molar-refractivity contribution < 1.29 is 13.8 Å². The number of aryl methyl sites for hydroxylation is 2. The first-order valence-electron chi connectivity index (χ1n) is 11.3. The Bertz CT molecular complexity index is 831. The number of oxazole rings is 1. The summed E-state index contributed by atoms with van der Waals surface area (Å²) < 4.78 is 18.2. The maximum Gasteiger partial charge on any atom is 0.269 e. The van der Waals surface area contributed by atoms with Crippen LogP contribution in [-0.2, 0) is 21.7 Å². The summed E-state index contributed by atoms with van der Waals surface area (Å²) in [5.41, 5.74) is 2.71. The van der Waals surface area contributed by atoms with E-state index in [4.69, 9.17) is 4.42 Å². The summed E-state index contributed by atoms with van der Waals surface area (Å²) in [5, 5.41) is 2.91. The second-order valence-corrected chi connectivity index (χ2v) is 10.0. The van der Waals surface area contributed by atoms with E-state index in [9.17, 15) is 9.35 Å². The second-order valence-electron chi connectivity index (χ2n) is 8.59. The van der Waals surface area contributed by atoms with Crippen molar-refractivity contribution in [1.29, 1.82) is 0 Å². The van der Waals surface area contributed by atoms with Gasteiger partial charge >= 0.3 is 0 Å². The van der Waals surface area contributed by atoms with E-state index in [0.29, 0.717) is 29.9 Å². The van der Waals surface area contributed by atoms with Gasteiger partial charge in [0.1, 0.15) is 11.5 Å². The van der Waals surface area contributed by atoms with Gasteiger partial charge in [0.05, 0.1) is 0 Å². The minimum atomic E-state index is -1.32. The van der Waals surface area contributed by atoms with Crippen LogP contribution >= 0.6 is 0 Å². The molecule has 170 valence electrons. The SMILES string of the molecule is Cc1ccc(-c2nc(C[S+]([O-])CC(=O)NCCCN(C)C3CCCCC3)c(C)o2)cc1. The topological polar surface area (TPSA) is 81.4 Å². The zero-order chi connectivity index (χ0) is 22.2. The predicted octanol–water partition coefficient (Wildman–Crippen LogP) is 3.98. The number of nitrogens with one attached hydrogen (secondary N) is 1. The Morgan fingerprint density at radius 1 is 1.23 bits per heavy atom. The minimum Gasteiger partial charge on any atom is -0.616 e. The van der Waals surface area contributed by atoms with Crippen LogP contribution in [0, 0.1) is 13.8 Å². The van der Waals surface area contributed by atoms with Crippen LogP contribution < -0.4 is 5.32 Å². The fraction of sp³-hybridized carbons (Fsp3) is 0.583. The average Bonchev–Trinajstić information content (AvgIpc) is 3.12. The Balaban J connectivity index is 1.38. The lowest BCUT2D eigenvalue weighted by Gasteiger charge is -2.31. The van der Waals surface area contributed by atoms with Crippen LogP contribution in [0.1, 0.15) is 55.5 Å². The number of rotatable bonds is 10. The number of carbonyl (C=O) groups is 1. The van der Waals surface area contributed by atoms with Crippen molar-refractivity contribution in [3.05, 3.63) is 41.3 Å². The van der Waals surface area contributed by atoms with Crippen molar-refractivity contribution in [3.63, 3.8) is 0 Å². The van der Waals surface area contributed by atoms with E-state index in [1.807, 2.05) is 38.1 Å². The van der Waals surface area contributed by atoms with Crippen LogP contribution in [0.3, 0.4) is 0 Å². The number of hydrogen-bond acceptors (Lipinski definition) is 5. The molecule has 31 heavy (non-hydrogen) atoms. The highest BCUT2D eigenvalue weighted by atomic mass is 32.2. The first-order valence-corrected chi connectivity index (χ1v) is 12.8. The third-order valence-electron chi connectivity index (χ3n) is 5.99. The van der Waals surface area contributed by atoms with Crippen LogP contribution in [0.4, 0.5) is 0 Å². The molecule has 1 saturated carbocycles. The van der Waals surface area contributed by atoms with E-state index in [1.54, 1.807) is 0 Å². The summed E-state index contributed by atoms with van der Waals surface area (Å²) >= 11 is -1.32. The van der Waals surface area contributed by atoms with Crippen molar-refractivity contribution in [2.24, 2.45) is 0 Å². The highest BCUT2D eigenvalue weighted by Gasteiger charge is 2.20. The quantitative estimate of drug-likeness (QED) is 0.442. The lowest BCUT2D eigenvalue weighted by molar-refractivity contribution is -0.118. The summed E-state index contributed by atoms with van der Waals surface area (Å²) in [4.78, 5) is 19.1. The van der Waals surface area contributed by atoms with E-state index in [0.717, 1.165) is 18.5 Å². The molecule has 7 heteroatoms. The molecule has 1 aliphatic rings. The molecule has 1 aromatic heterocycles. The van der Waals surface area contributed by atoms with Crippen molar-refractivity contribution in [2.75, 3.05) is 25.9 Å². The molecule has 1 heterocycles. The maximum atomic E-state index is 12.5. The standard InChI is InChI=1S/C24H35N3O3S/c1-18-10-12-20(13-11-18)24-26-22(19(2)30-24)16-31(29)17-23(28)25-14-7-15-27(3)21-8-5-4-6-9-21/h10-13,21H,4-9,14-17H2,1-3H3,(H,25,28). The number of carbonyl (C=O) groups excluding carboxylic acids is 1. The highest BCUT2D eigenvalue weighted by Crippen LogP contribution is 2.23. The van der Waals surface area contributed by atoms with Gasteiger partial charge in [0.2, 0.25) is 5.89 Å². The fourth-order valence-electron chi connectivity index (χ4n) is 4.04. The van der Waals surface area contributed by atoms with Gasteiger partial charge in [-0.05, 0) is 70.0 Å². The third-order valence-corrected chi connectivity index (χ3v) is 7.17. The third kappa shape index (κ3) is 7.37. The van der Waals surface area contributed by atoms with Gasteiger partial charge in [-0.15, -0.1) is 0 Å². The monoisotopic (exact) mass is 445 g/mol. The van der Waals surface area contributed by atoms with E-state index in [1.165, 1.54) is 37.7 Å². The van der Waals surface area contributed by atoms with Crippen LogP contribution in [-0.4, -0.2) is 52.3 Å². The zero-order valence-corrected chi connectivity index (χ0v) is 19.8. The number of aromatic nitrogens is 1. The molecule has 1 unspecified atom stereocenters. The largest absolute Gasteiger partial charge is 0.616 e. The van der Waals surface area contributed by atoms with Crippen molar-refractivity contribution in [2.45, 2.75) is 64.2 Å². The molecule has 0 bridgehead atoms.